The van der Waals surface area contributed by atoms with Crippen LogP contribution in [0.25, 0.3) is 0 Å². The van der Waals surface area contributed by atoms with Crippen LogP contribution in [-0.2, 0) is 11.3 Å². The highest BCUT2D eigenvalue weighted by atomic mass is 19.4. The number of rotatable bonds is 4. The summed E-state index contributed by atoms with van der Waals surface area (Å²) in [7, 11) is 0. The molecule has 0 spiro atoms. The second kappa shape index (κ2) is 6.15. The number of benzene rings is 1. The minimum Gasteiger partial charge on any atom is -0.405 e. The molecule has 1 aromatic carbocycles. The molecule has 1 saturated carbocycles. The zero-order chi connectivity index (χ0) is 14.6. The molecule has 1 aliphatic carbocycles. The summed E-state index contributed by atoms with van der Waals surface area (Å²) in [6.45, 7) is 0.0432. The van der Waals surface area contributed by atoms with Gasteiger partial charge < -0.3 is 10.1 Å². The van der Waals surface area contributed by atoms with Crippen LogP contribution in [0.5, 0.6) is 5.75 Å². The summed E-state index contributed by atoms with van der Waals surface area (Å²) in [6, 6.07) is 5.82. The molecule has 1 aromatic rings. The molecule has 0 saturated heterocycles. The maximum Gasteiger partial charge on any atom is 0.573 e. The standard InChI is InChI=1S/C14H16F3NO2/c15-14(16,17)20-12-8-4-3-7-11(12)9-18-13(19)10-5-1-2-6-10/h3-4,7-8,10H,1-2,5-6,9H2,(H,18,19). The maximum absolute atomic E-state index is 12.3. The van der Waals surface area contributed by atoms with Crippen LogP contribution in [0.1, 0.15) is 31.2 Å². The van der Waals surface area contributed by atoms with Gasteiger partial charge in [-0.15, -0.1) is 13.2 Å². The van der Waals surface area contributed by atoms with Crippen LogP contribution >= 0.6 is 0 Å². The predicted molar refractivity (Wildman–Crippen MR) is 66.9 cm³/mol. The van der Waals surface area contributed by atoms with Gasteiger partial charge in [0, 0.05) is 18.0 Å². The first kappa shape index (κ1) is 14.7. The molecule has 6 heteroatoms. The third kappa shape index (κ3) is 4.15. The molecule has 0 atom stereocenters. The fraction of sp³-hybridized carbons (Fsp3) is 0.500. The minimum atomic E-state index is -4.73. The van der Waals surface area contributed by atoms with E-state index in [1.165, 1.54) is 18.2 Å². The highest BCUT2D eigenvalue weighted by Crippen LogP contribution is 2.27. The zero-order valence-electron chi connectivity index (χ0n) is 10.9. The lowest BCUT2D eigenvalue weighted by atomic mass is 10.1. The molecule has 1 fully saturated rings. The van der Waals surface area contributed by atoms with Crippen molar-refractivity contribution in [3.05, 3.63) is 29.8 Å². The van der Waals surface area contributed by atoms with Crippen molar-refractivity contribution < 1.29 is 22.7 Å². The van der Waals surface area contributed by atoms with Crippen molar-refractivity contribution in [3.8, 4) is 5.75 Å². The number of ether oxygens (including phenoxy) is 1. The minimum absolute atomic E-state index is 0.00861. The Balaban J connectivity index is 1.96. The van der Waals surface area contributed by atoms with Gasteiger partial charge in [0.05, 0.1) is 0 Å². The van der Waals surface area contributed by atoms with Crippen LogP contribution in [-0.4, -0.2) is 12.3 Å². The summed E-state index contributed by atoms with van der Waals surface area (Å²) < 4.78 is 40.7. The van der Waals surface area contributed by atoms with E-state index < -0.39 is 6.36 Å². The molecule has 1 N–H and O–H groups in total. The molecule has 0 bridgehead atoms. The number of halogens is 3. The van der Waals surface area contributed by atoms with Crippen LogP contribution < -0.4 is 10.1 Å². The van der Waals surface area contributed by atoms with E-state index in [-0.39, 0.29) is 24.1 Å². The molecular formula is C14H16F3NO2. The summed E-state index contributed by atoms with van der Waals surface area (Å²) in [6.07, 6.45) is -0.956. The Morgan fingerprint density at radius 2 is 1.90 bits per heavy atom. The lowest BCUT2D eigenvalue weighted by molar-refractivity contribution is -0.274. The van der Waals surface area contributed by atoms with Crippen LogP contribution in [0.3, 0.4) is 0 Å². The van der Waals surface area contributed by atoms with E-state index in [1.54, 1.807) is 6.07 Å². The van der Waals surface area contributed by atoms with Gasteiger partial charge in [-0.05, 0) is 18.9 Å². The second-order valence-corrected chi connectivity index (χ2v) is 4.85. The highest BCUT2D eigenvalue weighted by molar-refractivity contribution is 5.78. The third-order valence-electron chi connectivity index (χ3n) is 3.38. The summed E-state index contributed by atoms with van der Waals surface area (Å²) in [5, 5.41) is 2.68. The first-order valence-electron chi connectivity index (χ1n) is 6.57. The second-order valence-electron chi connectivity index (χ2n) is 4.85. The van der Waals surface area contributed by atoms with Crippen molar-refractivity contribution in [1.82, 2.24) is 5.32 Å². The normalized spacial score (nSPS) is 16.1. The van der Waals surface area contributed by atoms with Gasteiger partial charge in [0.25, 0.3) is 0 Å². The molecule has 0 heterocycles. The highest BCUT2D eigenvalue weighted by Gasteiger charge is 2.32. The summed E-state index contributed by atoms with van der Waals surface area (Å²) in [5.74, 6) is -0.373. The topological polar surface area (TPSA) is 38.3 Å². The van der Waals surface area contributed by atoms with E-state index >= 15 is 0 Å². The van der Waals surface area contributed by atoms with Gasteiger partial charge in [-0.1, -0.05) is 31.0 Å². The molecule has 1 amide bonds. The SMILES string of the molecule is O=C(NCc1ccccc1OC(F)(F)F)C1CCCC1. The van der Waals surface area contributed by atoms with Crippen molar-refractivity contribution in [2.45, 2.75) is 38.6 Å². The molecule has 0 aromatic heterocycles. The van der Waals surface area contributed by atoms with E-state index in [9.17, 15) is 18.0 Å². The Hall–Kier alpha value is -1.72. The van der Waals surface area contributed by atoms with E-state index in [4.69, 9.17) is 0 Å². The van der Waals surface area contributed by atoms with E-state index in [0.717, 1.165) is 25.7 Å². The summed E-state index contributed by atoms with van der Waals surface area (Å²) >= 11 is 0. The Labute approximate surface area is 115 Å². The zero-order valence-corrected chi connectivity index (χ0v) is 10.9. The van der Waals surface area contributed by atoms with Crippen molar-refractivity contribution in [1.29, 1.82) is 0 Å². The monoisotopic (exact) mass is 287 g/mol. The number of hydrogen-bond donors (Lipinski definition) is 1. The summed E-state index contributed by atoms with van der Waals surface area (Å²) in [4.78, 5) is 11.8. The first-order valence-corrected chi connectivity index (χ1v) is 6.57. The molecule has 0 radical (unpaired) electrons. The van der Waals surface area contributed by atoms with Crippen LogP contribution in [0.2, 0.25) is 0 Å². The number of carbonyl (C=O) groups excluding carboxylic acids is 1. The molecule has 0 aliphatic heterocycles. The quantitative estimate of drug-likeness (QED) is 0.921. The first-order chi connectivity index (χ1) is 9.46. The van der Waals surface area contributed by atoms with E-state index in [2.05, 4.69) is 10.1 Å². The lowest BCUT2D eigenvalue weighted by Gasteiger charge is -2.15. The van der Waals surface area contributed by atoms with Crippen molar-refractivity contribution >= 4 is 5.91 Å². The average Bonchev–Trinajstić information content (AvgIpc) is 2.89. The number of para-hydroxylation sites is 1. The molecule has 1 aliphatic rings. The Bertz CT molecular complexity index is 468. The van der Waals surface area contributed by atoms with Crippen LogP contribution in [0.15, 0.2) is 24.3 Å². The summed E-state index contributed by atoms with van der Waals surface area (Å²) in [5.41, 5.74) is 0.316. The third-order valence-corrected chi connectivity index (χ3v) is 3.38. The van der Waals surface area contributed by atoms with Gasteiger partial charge >= 0.3 is 6.36 Å². The number of carbonyl (C=O) groups is 1. The van der Waals surface area contributed by atoms with Crippen molar-refractivity contribution in [2.24, 2.45) is 5.92 Å². The Morgan fingerprint density at radius 1 is 1.25 bits per heavy atom. The number of hydrogen-bond acceptors (Lipinski definition) is 2. The number of alkyl halides is 3. The maximum atomic E-state index is 12.3. The van der Waals surface area contributed by atoms with E-state index in [0.29, 0.717) is 5.56 Å². The van der Waals surface area contributed by atoms with Gasteiger partial charge in [0.1, 0.15) is 5.75 Å². The van der Waals surface area contributed by atoms with Gasteiger partial charge in [-0.25, -0.2) is 0 Å². The van der Waals surface area contributed by atoms with Crippen molar-refractivity contribution in [2.75, 3.05) is 0 Å². The molecule has 2 rings (SSSR count). The number of amides is 1. The molecule has 110 valence electrons. The van der Waals surface area contributed by atoms with Crippen LogP contribution in [0.4, 0.5) is 13.2 Å². The molecule has 3 nitrogen and oxygen atoms in total. The van der Waals surface area contributed by atoms with Gasteiger partial charge in [-0.2, -0.15) is 0 Å². The fourth-order valence-electron chi connectivity index (χ4n) is 2.39. The smallest absolute Gasteiger partial charge is 0.405 e. The molecule has 20 heavy (non-hydrogen) atoms. The average molecular weight is 287 g/mol. The molecular weight excluding hydrogens is 271 g/mol. The number of nitrogens with one attached hydrogen (secondary N) is 1. The van der Waals surface area contributed by atoms with Gasteiger partial charge in [-0.3, -0.25) is 4.79 Å². The van der Waals surface area contributed by atoms with Gasteiger partial charge in [0.15, 0.2) is 0 Å². The van der Waals surface area contributed by atoms with Crippen LogP contribution in [0, 0.1) is 5.92 Å². The Morgan fingerprint density at radius 3 is 2.55 bits per heavy atom. The fourth-order valence-corrected chi connectivity index (χ4v) is 2.39. The Kier molecular flexibility index (Phi) is 4.52. The van der Waals surface area contributed by atoms with E-state index in [1.807, 2.05) is 0 Å². The largest absolute Gasteiger partial charge is 0.573 e. The lowest BCUT2D eigenvalue weighted by Crippen LogP contribution is -2.29. The van der Waals surface area contributed by atoms with Gasteiger partial charge in [0.2, 0.25) is 5.91 Å². The van der Waals surface area contributed by atoms with Crippen molar-refractivity contribution in [3.63, 3.8) is 0 Å². The molecule has 0 unspecified atom stereocenters. The predicted octanol–water partition coefficient (Wildman–Crippen LogP) is 3.39.